The van der Waals surface area contributed by atoms with Crippen LogP contribution >= 0.6 is 0 Å². The molecule has 0 radical (unpaired) electrons. The molecule has 2 heterocycles. The average Bonchev–Trinajstić information content (AvgIpc) is 2.72. The van der Waals surface area contributed by atoms with Gasteiger partial charge in [-0.1, -0.05) is 12.1 Å². The van der Waals surface area contributed by atoms with Crippen molar-refractivity contribution in [3.63, 3.8) is 0 Å². The molecule has 2 atom stereocenters. The van der Waals surface area contributed by atoms with Crippen LogP contribution in [0.2, 0.25) is 0 Å². The summed E-state index contributed by atoms with van der Waals surface area (Å²) in [5, 5.41) is 11.1. The van der Waals surface area contributed by atoms with Gasteiger partial charge in [-0.15, -0.1) is 0 Å². The highest BCUT2D eigenvalue weighted by Crippen LogP contribution is 2.42. The molecule has 1 N–H and O–H groups in total. The van der Waals surface area contributed by atoms with E-state index in [0.29, 0.717) is 32.5 Å². The quantitative estimate of drug-likeness (QED) is 0.874. The highest BCUT2D eigenvalue weighted by molar-refractivity contribution is 7.86. The SMILES string of the molecule is CCOc1ccccc1OCCC1(O)CC2CCC(C1)S2=O. The number of aliphatic hydroxyl groups is 1. The molecule has 3 rings (SSSR count). The van der Waals surface area contributed by atoms with E-state index < -0.39 is 16.4 Å². The summed E-state index contributed by atoms with van der Waals surface area (Å²) in [5.74, 6) is 1.46. The first-order valence-corrected chi connectivity index (χ1v) is 9.35. The third-order valence-corrected chi connectivity index (χ3v) is 6.78. The van der Waals surface area contributed by atoms with Gasteiger partial charge in [-0.3, -0.25) is 4.21 Å². The number of hydrogen-bond acceptors (Lipinski definition) is 4. The molecular weight excluding hydrogens is 300 g/mol. The zero-order chi connectivity index (χ0) is 15.6. The first kappa shape index (κ1) is 15.8. The topological polar surface area (TPSA) is 55.8 Å². The van der Waals surface area contributed by atoms with E-state index in [2.05, 4.69) is 0 Å². The fourth-order valence-corrected chi connectivity index (χ4v) is 5.80. The predicted octanol–water partition coefficient (Wildman–Crippen LogP) is 2.66. The lowest BCUT2D eigenvalue weighted by molar-refractivity contribution is 0.00283. The van der Waals surface area contributed by atoms with Crippen molar-refractivity contribution in [3.8, 4) is 11.5 Å². The van der Waals surface area contributed by atoms with E-state index in [0.717, 1.165) is 24.3 Å². The molecule has 0 aromatic heterocycles. The lowest BCUT2D eigenvalue weighted by atomic mass is 9.90. The second kappa shape index (κ2) is 6.59. The van der Waals surface area contributed by atoms with E-state index in [9.17, 15) is 9.32 Å². The molecule has 0 saturated carbocycles. The van der Waals surface area contributed by atoms with Crippen LogP contribution in [0.25, 0.3) is 0 Å². The van der Waals surface area contributed by atoms with Gasteiger partial charge < -0.3 is 14.6 Å². The van der Waals surface area contributed by atoms with Crippen molar-refractivity contribution >= 4 is 10.8 Å². The van der Waals surface area contributed by atoms with Crippen molar-refractivity contribution in [2.75, 3.05) is 13.2 Å². The molecule has 0 spiro atoms. The number of para-hydroxylation sites is 2. The van der Waals surface area contributed by atoms with Crippen molar-refractivity contribution in [3.05, 3.63) is 24.3 Å². The van der Waals surface area contributed by atoms with Crippen molar-refractivity contribution in [1.82, 2.24) is 0 Å². The van der Waals surface area contributed by atoms with E-state index in [1.807, 2.05) is 31.2 Å². The lowest BCUT2D eigenvalue weighted by Gasteiger charge is -2.35. The van der Waals surface area contributed by atoms with Gasteiger partial charge in [0.2, 0.25) is 0 Å². The summed E-state index contributed by atoms with van der Waals surface area (Å²) >= 11 is 0. The third kappa shape index (κ3) is 3.30. The summed E-state index contributed by atoms with van der Waals surface area (Å²) in [6.07, 6.45) is 3.86. The van der Waals surface area contributed by atoms with Crippen molar-refractivity contribution in [1.29, 1.82) is 0 Å². The Morgan fingerprint density at radius 2 is 1.77 bits per heavy atom. The Morgan fingerprint density at radius 1 is 1.18 bits per heavy atom. The minimum atomic E-state index is -0.734. The van der Waals surface area contributed by atoms with Gasteiger partial charge in [-0.2, -0.15) is 0 Å². The zero-order valence-corrected chi connectivity index (χ0v) is 13.8. The van der Waals surface area contributed by atoms with Gasteiger partial charge in [0.15, 0.2) is 11.5 Å². The largest absolute Gasteiger partial charge is 0.490 e. The van der Waals surface area contributed by atoms with Crippen molar-refractivity contribution < 1.29 is 18.8 Å². The Kier molecular flexibility index (Phi) is 4.73. The summed E-state index contributed by atoms with van der Waals surface area (Å²) in [4.78, 5) is 0. The Balaban J connectivity index is 1.56. The van der Waals surface area contributed by atoms with E-state index in [1.54, 1.807) is 0 Å². The van der Waals surface area contributed by atoms with E-state index >= 15 is 0 Å². The zero-order valence-electron chi connectivity index (χ0n) is 13.0. The Morgan fingerprint density at radius 3 is 2.36 bits per heavy atom. The molecule has 0 aliphatic carbocycles. The van der Waals surface area contributed by atoms with Gasteiger partial charge in [-0.25, -0.2) is 0 Å². The van der Waals surface area contributed by atoms with Crippen LogP contribution in [-0.4, -0.2) is 38.6 Å². The molecule has 2 aliphatic heterocycles. The molecule has 0 amide bonds. The van der Waals surface area contributed by atoms with Crippen LogP contribution < -0.4 is 9.47 Å². The van der Waals surface area contributed by atoms with Gasteiger partial charge in [0.05, 0.1) is 18.8 Å². The molecule has 5 heteroatoms. The summed E-state index contributed by atoms with van der Waals surface area (Å²) in [7, 11) is -0.734. The molecule has 122 valence electrons. The van der Waals surface area contributed by atoms with Crippen molar-refractivity contribution in [2.45, 2.75) is 55.1 Å². The predicted molar refractivity (Wildman–Crippen MR) is 86.9 cm³/mol. The molecule has 22 heavy (non-hydrogen) atoms. The molecule has 1 aromatic rings. The van der Waals surface area contributed by atoms with Gasteiger partial charge in [0, 0.05) is 27.7 Å². The summed E-state index contributed by atoms with van der Waals surface area (Å²) < 4.78 is 23.4. The maximum Gasteiger partial charge on any atom is 0.161 e. The first-order chi connectivity index (χ1) is 10.6. The van der Waals surface area contributed by atoms with Crippen LogP contribution in [0, 0.1) is 0 Å². The van der Waals surface area contributed by atoms with Gasteiger partial charge in [0.25, 0.3) is 0 Å². The molecule has 1 aromatic carbocycles. The number of rotatable bonds is 6. The standard InChI is InChI=1S/C17H24O4S/c1-2-20-15-5-3-4-6-16(15)21-10-9-17(18)11-13-7-8-14(12-17)22(13)19/h3-6,13-14,18H,2,7-12H2,1H3. The molecular formula is C17H24O4S. The van der Waals surface area contributed by atoms with Crippen LogP contribution in [-0.2, 0) is 10.8 Å². The monoisotopic (exact) mass is 324 g/mol. The molecule has 2 fully saturated rings. The molecule has 4 nitrogen and oxygen atoms in total. The molecule has 2 unspecified atom stereocenters. The second-order valence-corrected chi connectivity index (χ2v) is 8.25. The number of benzene rings is 1. The maximum atomic E-state index is 12.0. The second-order valence-electron chi connectivity index (χ2n) is 6.26. The van der Waals surface area contributed by atoms with E-state index in [-0.39, 0.29) is 10.5 Å². The maximum absolute atomic E-state index is 12.0. The minimum absolute atomic E-state index is 0.180. The Bertz CT molecular complexity index is 529. The van der Waals surface area contributed by atoms with Gasteiger partial charge in [-0.05, 0) is 44.7 Å². The fraction of sp³-hybridized carbons (Fsp3) is 0.647. The van der Waals surface area contributed by atoms with Crippen molar-refractivity contribution in [2.24, 2.45) is 0 Å². The summed E-state index contributed by atoms with van der Waals surface area (Å²) in [6, 6.07) is 7.60. The first-order valence-electron chi connectivity index (χ1n) is 8.08. The number of hydrogen-bond donors (Lipinski definition) is 1. The average molecular weight is 324 g/mol. The van der Waals surface area contributed by atoms with E-state index in [4.69, 9.17) is 9.47 Å². The lowest BCUT2D eigenvalue weighted by Crippen LogP contribution is -2.43. The van der Waals surface area contributed by atoms with E-state index in [1.165, 1.54) is 0 Å². The third-order valence-electron chi connectivity index (χ3n) is 4.66. The Labute approximate surface area is 134 Å². The summed E-state index contributed by atoms with van der Waals surface area (Å²) in [5.41, 5.74) is -0.722. The van der Waals surface area contributed by atoms with Gasteiger partial charge in [0.1, 0.15) is 0 Å². The fourth-order valence-electron chi connectivity index (χ4n) is 3.57. The van der Waals surface area contributed by atoms with Crippen LogP contribution in [0.5, 0.6) is 11.5 Å². The number of fused-ring (bicyclic) bond motifs is 2. The highest BCUT2D eigenvalue weighted by Gasteiger charge is 2.47. The normalized spacial score (nSPS) is 33.6. The van der Waals surface area contributed by atoms with Crippen LogP contribution in [0.15, 0.2) is 24.3 Å². The Hall–Kier alpha value is -1.07. The minimum Gasteiger partial charge on any atom is -0.490 e. The molecule has 2 bridgehead atoms. The van der Waals surface area contributed by atoms with Crippen LogP contribution in [0.1, 0.15) is 39.0 Å². The smallest absolute Gasteiger partial charge is 0.161 e. The highest BCUT2D eigenvalue weighted by atomic mass is 32.2. The van der Waals surface area contributed by atoms with Crippen LogP contribution in [0.4, 0.5) is 0 Å². The summed E-state index contributed by atoms with van der Waals surface area (Å²) in [6.45, 7) is 2.99. The molecule has 2 aliphatic rings. The van der Waals surface area contributed by atoms with Gasteiger partial charge >= 0.3 is 0 Å². The molecule has 2 saturated heterocycles. The number of ether oxygens (including phenoxy) is 2. The van der Waals surface area contributed by atoms with Crippen LogP contribution in [0.3, 0.4) is 0 Å².